The van der Waals surface area contributed by atoms with Crippen molar-refractivity contribution in [2.24, 2.45) is 11.8 Å². The zero-order chi connectivity index (χ0) is 10.8. The fraction of sp³-hybridized carbons (Fsp3) is 0.455. The Morgan fingerprint density at radius 1 is 1.47 bits per heavy atom. The van der Waals surface area contributed by atoms with Crippen molar-refractivity contribution in [1.82, 2.24) is 5.43 Å². The lowest BCUT2D eigenvalue weighted by molar-refractivity contribution is 0.488. The van der Waals surface area contributed by atoms with Crippen molar-refractivity contribution < 1.29 is 0 Å². The molecule has 0 radical (unpaired) electrons. The molecule has 1 aromatic rings. The monoisotopic (exact) mass is 225 g/mol. The molecule has 2 rings (SSSR count). The number of rotatable bonds is 4. The van der Waals surface area contributed by atoms with Gasteiger partial charge >= 0.3 is 0 Å². The van der Waals surface area contributed by atoms with E-state index in [1.54, 1.807) is 6.07 Å². The minimum absolute atomic E-state index is 0.148. The average Bonchev–Trinajstić information content (AvgIpc) is 2.99. The van der Waals surface area contributed by atoms with Gasteiger partial charge in [-0.2, -0.15) is 0 Å². The Hall–Kier alpha value is -0.770. The number of hydrogen-bond acceptors (Lipinski definition) is 3. The van der Waals surface area contributed by atoms with E-state index in [2.05, 4.69) is 5.43 Å². The van der Waals surface area contributed by atoms with E-state index in [-0.39, 0.29) is 6.04 Å². The second-order valence-electron chi connectivity index (χ2n) is 4.17. The summed E-state index contributed by atoms with van der Waals surface area (Å²) in [4.78, 5) is 0. The number of hydrazine groups is 1. The number of halogens is 1. The molecule has 1 atom stereocenters. The Bertz CT molecular complexity index is 350. The van der Waals surface area contributed by atoms with E-state index in [0.717, 1.165) is 17.9 Å². The summed E-state index contributed by atoms with van der Waals surface area (Å²) in [5, 5.41) is 0.665. The lowest BCUT2D eigenvalue weighted by atomic mass is 10.0. The van der Waals surface area contributed by atoms with Crippen LogP contribution in [0, 0.1) is 5.92 Å². The van der Waals surface area contributed by atoms with Gasteiger partial charge in [-0.1, -0.05) is 30.5 Å². The highest BCUT2D eigenvalue weighted by molar-refractivity contribution is 6.30. The zero-order valence-corrected chi connectivity index (χ0v) is 9.30. The molecule has 1 aliphatic carbocycles. The van der Waals surface area contributed by atoms with Gasteiger partial charge in [-0.3, -0.25) is 11.3 Å². The summed E-state index contributed by atoms with van der Waals surface area (Å²) < 4.78 is 0. The van der Waals surface area contributed by atoms with Gasteiger partial charge < -0.3 is 5.73 Å². The van der Waals surface area contributed by atoms with E-state index < -0.39 is 0 Å². The molecular formula is C11H16ClN3. The Morgan fingerprint density at radius 3 is 2.73 bits per heavy atom. The quantitative estimate of drug-likeness (QED) is 0.418. The maximum Gasteiger partial charge on any atom is 0.0483 e. The molecule has 1 unspecified atom stereocenters. The van der Waals surface area contributed by atoms with E-state index in [0.29, 0.717) is 10.7 Å². The van der Waals surface area contributed by atoms with Crippen molar-refractivity contribution in [2.75, 3.05) is 5.73 Å². The van der Waals surface area contributed by atoms with Crippen LogP contribution in [0.3, 0.4) is 0 Å². The molecule has 0 spiro atoms. The molecule has 1 aliphatic rings. The fourth-order valence-corrected chi connectivity index (χ4v) is 2.02. The van der Waals surface area contributed by atoms with E-state index in [9.17, 15) is 0 Å². The molecule has 0 aromatic heterocycles. The van der Waals surface area contributed by atoms with Crippen LogP contribution in [0.2, 0.25) is 5.02 Å². The summed E-state index contributed by atoms with van der Waals surface area (Å²) in [6.45, 7) is 0. The standard InChI is InChI=1S/C11H16ClN3/c12-8-3-4-9(10(13)6-8)11(15-14)5-7-1-2-7/h3-4,6-7,11,15H,1-2,5,13-14H2. The minimum Gasteiger partial charge on any atom is -0.398 e. The molecule has 0 bridgehead atoms. The first-order valence-electron chi connectivity index (χ1n) is 5.21. The lowest BCUT2D eigenvalue weighted by Crippen LogP contribution is -2.29. The fourth-order valence-electron chi connectivity index (χ4n) is 1.83. The van der Waals surface area contributed by atoms with Crippen molar-refractivity contribution >= 4 is 17.3 Å². The van der Waals surface area contributed by atoms with Gasteiger partial charge in [-0.05, 0) is 30.0 Å². The maximum absolute atomic E-state index is 5.91. The largest absolute Gasteiger partial charge is 0.398 e. The average molecular weight is 226 g/mol. The highest BCUT2D eigenvalue weighted by Gasteiger charge is 2.26. The molecule has 4 heteroatoms. The van der Waals surface area contributed by atoms with Gasteiger partial charge in [-0.25, -0.2) is 0 Å². The van der Waals surface area contributed by atoms with Gasteiger partial charge in [0.05, 0.1) is 0 Å². The molecule has 3 nitrogen and oxygen atoms in total. The molecule has 0 amide bonds. The molecule has 1 fully saturated rings. The molecule has 5 N–H and O–H groups in total. The van der Waals surface area contributed by atoms with Gasteiger partial charge in [0.2, 0.25) is 0 Å². The third kappa shape index (κ3) is 2.62. The van der Waals surface area contributed by atoms with Crippen molar-refractivity contribution in [3.63, 3.8) is 0 Å². The third-order valence-electron chi connectivity index (χ3n) is 2.89. The molecular weight excluding hydrogens is 210 g/mol. The van der Waals surface area contributed by atoms with Crippen LogP contribution in [0.15, 0.2) is 18.2 Å². The van der Waals surface area contributed by atoms with Crippen LogP contribution in [-0.2, 0) is 0 Å². The van der Waals surface area contributed by atoms with Crippen LogP contribution < -0.4 is 17.0 Å². The van der Waals surface area contributed by atoms with Crippen molar-refractivity contribution in [1.29, 1.82) is 0 Å². The number of hydrogen-bond donors (Lipinski definition) is 3. The molecule has 1 aromatic carbocycles. The molecule has 1 saturated carbocycles. The van der Waals surface area contributed by atoms with Crippen LogP contribution in [-0.4, -0.2) is 0 Å². The van der Waals surface area contributed by atoms with E-state index in [1.807, 2.05) is 12.1 Å². The van der Waals surface area contributed by atoms with Crippen LogP contribution in [0.4, 0.5) is 5.69 Å². The maximum atomic E-state index is 5.91. The first kappa shape index (κ1) is 10.7. The number of benzene rings is 1. The Labute approximate surface area is 94.8 Å². The normalized spacial score (nSPS) is 17.7. The predicted molar refractivity (Wildman–Crippen MR) is 63.3 cm³/mol. The smallest absolute Gasteiger partial charge is 0.0483 e. The van der Waals surface area contributed by atoms with Crippen LogP contribution >= 0.6 is 11.6 Å². The topological polar surface area (TPSA) is 64.1 Å². The molecule has 0 saturated heterocycles. The molecule has 0 heterocycles. The second-order valence-corrected chi connectivity index (χ2v) is 4.61. The number of anilines is 1. The number of nitrogens with one attached hydrogen (secondary N) is 1. The van der Waals surface area contributed by atoms with Crippen molar-refractivity contribution in [3.8, 4) is 0 Å². The first-order chi connectivity index (χ1) is 7.20. The summed E-state index contributed by atoms with van der Waals surface area (Å²) in [6.07, 6.45) is 3.68. The highest BCUT2D eigenvalue weighted by atomic mass is 35.5. The highest BCUT2D eigenvalue weighted by Crippen LogP contribution is 2.38. The third-order valence-corrected chi connectivity index (χ3v) is 3.13. The number of nitrogen functional groups attached to an aromatic ring is 1. The summed E-state index contributed by atoms with van der Waals surface area (Å²) >= 11 is 5.85. The van der Waals surface area contributed by atoms with Crippen LogP contribution in [0.5, 0.6) is 0 Å². The van der Waals surface area contributed by atoms with Gasteiger partial charge in [0, 0.05) is 16.8 Å². The van der Waals surface area contributed by atoms with Crippen LogP contribution in [0.1, 0.15) is 30.9 Å². The molecule has 15 heavy (non-hydrogen) atoms. The molecule has 82 valence electrons. The second kappa shape index (κ2) is 4.39. The summed E-state index contributed by atoms with van der Waals surface area (Å²) in [5.74, 6) is 6.36. The first-order valence-corrected chi connectivity index (χ1v) is 5.59. The van der Waals surface area contributed by atoms with Crippen molar-refractivity contribution in [2.45, 2.75) is 25.3 Å². The van der Waals surface area contributed by atoms with E-state index in [4.69, 9.17) is 23.2 Å². The zero-order valence-electron chi connectivity index (χ0n) is 8.54. The van der Waals surface area contributed by atoms with Crippen molar-refractivity contribution in [3.05, 3.63) is 28.8 Å². The van der Waals surface area contributed by atoms with Gasteiger partial charge in [-0.15, -0.1) is 0 Å². The number of nitrogens with two attached hydrogens (primary N) is 2. The predicted octanol–water partition coefficient (Wildman–Crippen LogP) is 2.23. The van der Waals surface area contributed by atoms with Gasteiger partial charge in [0.25, 0.3) is 0 Å². The van der Waals surface area contributed by atoms with E-state index >= 15 is 0 Å². The van der Waals surface area contributed by atoms with Gasteiger partial charge in [0.1, 0.15) is 0 Å². The Balaban J connectivity index is 2.16. The lowest BCUT2D eigenvalue weighted by Gasteiger charge is -2.18. The molecule has 0 aliphatic heterocycles. The summed E-state index contributed by atoms with van der Waals surface area (Å²) in [7, 11) is 0. The Kier molecular flexibility index (Phi) is 3.14. The summed E-state index contributed by atoms with van der Waals surface area (Å²) in [5.41, 5.74) is 10.5. The van der Waals surface area contributed by atoms with Crippen LogP contribution in [0.25, 0.3) is 0 Å². The SMILES string of the molecule is NNC(CC1CC1)c1ccc(Cl)cc1N. The Morgan fingerprint density at radius 2 is 2.20 bits per heavy atom. The van der Waals surface area contributed by atoms with E-state index in [1.165, 1.54) is 12.8 Å². The van der Waals surface area contributed by atoms with Gasteiger partial charge in [0.15, 0.2) is 0 Å². The summed E-state index contributed by atoms with van der Waals surface area (Å²) in [6, 6.07) is 5.72. The minimum atomic E-state index is 0.148.